The van der Waals surface area contributed by atoms with E-state index in [0.29, 0.717) is 28.6 Å². The van der Waals surface area contributed by atoms with Gasteiger partial charge in [0.25, 0.3) is 5.91 Å². The highest BCUT2D eigenvalue weighted by Gasteiger charge is 2.30. The van der Waals surface area contributed by atoms with E-state index in [1.165, 1.54) is 0 Å². The van der Waals surface area contributed by atoms with Gasteiger partial charge in [0, 0.05) is 36.5 Å². The number of anilines is 1. The fraction of sp³-hybridized carbons (Fsp3) is 0.345. The lowest BCUT2D eigenvalue weighted by Gasteiger charge is -2.30. The van der Waals surface area contributed by atoms with Crippen LogP contribution in [0.25, 0.3) is 10.8 Å². The van der Waals surface area contributed by atoms with Gasteiger partial charge >= 0.3 is 0 Å². The monoisotopic (exact) mass is 539 g/mol. The number of halogens is 2. The smallest absolute Gasteiger partial charge is 0.258 e. The van der Waals surface area contributed by atoms with Crippen LogP contribution in [0, 0.1) is 0 Å². The third kappa shape index (κ3) is 5.76. The van der Waals surface area contributed by atoms with Crippen LogP contribution in [-0.4, -0.2) is 41.2 Å². The van der Waals surface area contributed by atoms with E-state index in [1.54, 1.807) is 34.9 Å². The van der Waals surface area contributed by atoms with Gasteiger partial charge in [-0.25, -0.2) is 0 Å². The summed E-state index contributed by atoms with van der Waals surface area (Å²) in [6.45, 7) is 6.28. The van der Waals surface area contributed by atoms with Crippen molar-refractivity contribution in [2.24, 2.45) is 0 Å². The number of benzene rings is 3. The molecule has 0 bridgehead atoms. The fourth-order valence-corrected chi connectivity index (χ4v) is 4.94. The highest BCUT2D eigenvalue weighted by Crippen LogP contribution is 2.37. The molecule has 2 atom stereocenters. The van der Waals surface area contributed by atoms with Gasteiger partial charge in [0.15, 0.2) is 0 Å². The minimum Gasteiger partial charge on any atom is -0.352 e. The summed E-state index contributed by atoms with van der Waals surface area (Å²) in [5.74, 6) is -0.423. The van der Waals surface area contributed by atoms with Gasteiger partial charge in [-0.1, -0.05) is 60.5 Å². The number of amides is 3. The normalized spacial score (nSPS) is 14.1. The Bertz CT molecular complexity index is 1340. The van der Waals surface area contributed by atoms with E-state index in [0.717, 1.165) is 28.4 Å². The second-order valence-corrected chi connectivity index (χ2v) is 10.3. The molecule has 0 spiro atoms. The lowest BCUT2D eigenvalue weighted by atomic mass is 10.1. The molecule has 4 rings (SSSR count). The zero-order valence-electron chi connectivity index (χ0n) is 21.3. The molecule has 3 aromatic rings. The molecule has 0 radical (unpaired) electrons. The molecule has 194 valence electrons. The highest BCUT2D eigenvalue weighted by molar-refractivity contribution is 6.42. The number of nitrogens with one attached hydrogen (secondary N) is 1. The van der Waals surface area contributed by atoms with E-state index in [4.69, 9.17) is 23.2 Å². The summed E-state index contributed by atoms with van der Waals surface area (Å²) in [6, 6.07) is 16.1. The van der Waals surface area contributed by atoms with Crippen LogP contribution in [0.2, 0.25) is 10.0 Å². The van der Waals surface area contributed by atoms with Gasteiger partial charge in [0.2, 0.25) is 11.8 Å². The van der Waals surface area contributed by atoms with Crippen LogP contribution in [-0.2, 0) is 16.1 Å². The predicted octanol–water partition coefficient (Wildman–Crippen LogP) is 6.22. The number of hydrogen-bond donors (Lipinski definition) is 1. The Hall–Kier alpha value is -3.09. The summed E-state index contributed by atoms with van der Waals surface area (Å²) < 4.78 is 0. The molecule has 0 saturated carbocycles. The molecular formula is C29H31Cl2N3O3. The molecule has 6 nitrogen and oxygen atoms in total. The zero-order chi connectivity index (χ0) is 26.7. The van der Waals surface area contributed by atoms with Gasteiger partial charge in [-0.3, -0.25) is 14.4 Å². The van der Waals surface area contributed by atoms with Crippen LogP contribution in [0.1, 0.15) is 56.0 Å². The highest BCUT2D eigenvalue weighted by atomic mass is 35.5. The topological polar surface area (TPSA) is 69.7 Å². The minimum atomic E-state index is -0.678. The van der Waals surface area contributed by atoms with Crippen LogP contribution >= 0.6 is 23.2 Å². The molecule has 0 unspecified atom stereocenters. The number of carbonyl (C=O) groups excluding carboxylic acids is 3. The van der Waals surface area contributed by atoms with E-state index in [-0.39, 0.29) is 36.7 Å². The van der Waals surface area contributed by atoms with E-state index in [1.807, 2.05) is 50.2 Å². The van der Waals surface area contributed by atoms with Crippen molar-refractivity contribution < 1.29 is 14.4 Å². The molecule has 0 fully saturated rings. The molecule has 3 amide bonds. The molecule has 0 aliphatic carbocycles. The van der Waals surface area contributed by atoms with Crippen molar-refractivity contribution in [1.82, 2.24) is 10.2 Å². The molecule has 1 aliphatic rings. The van der Waals surface area contributed by atoms with Crippen LogP contribution in [0.5, 0.6) is 0 Å². The van der Waals surface area contributed by atoms with Gasteiger partial charge in [0.05, 0.1) is 15.7 Å². The van der Waals surface area contributed by atoms with E-state index >= 15 is 0 Å². The van der Waals surface area contributed by atoms with Crippen LogP contribution in [0.4, 0.5) is 5.69 Å². The first-order valence-electron chi connectivity index (χ1n) is 12.6. The lowest BCUT2D eigenvalue weighted by molar-refractivity contribution is -0.140. The second kappa shape index (κ2) is 11.5. The average molecular weight is 540 g/mol. The Morgan fingerprint density at radius 2 is 1.76 bits per heavy atom. The Balaban J connectivity index is 1.47. The van der Waals surface area contributed by atoms with Gasteiger partial charge in [-0.15, -0.1) is 0 Å². The van der Waals surface area contributed by atoms with Gasteiger partial charge < -0.3 is 15.1 Å². The summed E-state index contributed by atoms with van der Waals surface area (Å²) in [7, 11) is 0. The van der Waals surface area contributed by atoms with E-state index in [2.05, 4.69) is 5.32 Å². The largest absolute Gasteiger partial charge is 0.352 e. The first kappa shape index (κ1) is 27.0. The van der Waals surface area contributed by atoms with E-state index < -0.39 is 6.04 Å². The maximum Gasteiger partial charge on any atom is 0.258 e. The van der Waals surface area contributed by atoms with Crippen molar-refractivity contribution in [3.05, 3.63) is 75.8 Å². The Labute approximate surface area is 227 Å². The average Bonchev–Trinajstić information content (AvgIpc) is 3.16. The molecule has 37 heavy (non-hydrogen) atoms. The molecule has 1 N–H and O–H groups in total. The van der Waals surface area contributed by atoms with Gasteiger partial charge in [-0.05, 0) is 61.9 Å². The Morgan fingerprint density at radius 1 is 1.03 bits per heavy atom. The van der Waals surface area contributed by atoms with Crippen LogP contribution in [0.15, 0.2) is 54.6 Å². The maximum absolute atomic E-state index is 13.4. The molecule has 1 heterocycles. The number of nitrogens with zero attached hydrogens (tertiary/aromatic N) is 2. The molecule has 8 heteroatoms. The Kier molecular flexibility index (Phi) is 8.40. The van der Waals surface area contributed by atoms with Crippen LogP contribution in [0.3, 0.4) is 0 Å². The Morgan fingerprint density at radius 3 is 2.46 bits per heavy atom. The number of rotatable bonds is 10. The van der Waals surface area contributed by atoms with Gasteiger partial charge in [0.1, 0.15) is 6.04 Å². The maximum atomic E-state index is 13.4. The standard InChI is InChI=1S/C29H31Cl2N3O3/c1-4-18(2)32-28(36)19(3)34(17-20-13-14-23(30)24(31)16-20)26(35)12-7-15-33-25-11-6-9-21-8-5-10-22(27(21)25)29(33)37/h5-6,8-11,13-14,16,18-19H,4,7,12,15,17H2,1-3H3,(H,32,36)/t18-,19+/m1/s1. The molecular weight excluding hydrogens is 509 g/mol. The van der Waals surface area contributed by atoms with Crippen molar-refractivity contribution in [2.45, 2.75) is 58.7 Å². The number of hydrogen-bond acceptors (Lipinski definition) is 3. The lowest BCUT2D eigenvalue weighted by Crippen LogP contribution is -2.49. The first-order chi connectivity index (χ1) is 17.7. The second-order valence-electron chi connectivity index (χ2n) is 9.51. The molecule has 0 saturated heterocycles. The van der Waals surface area contributed by atoms with Crippen molar-refractivity contribution in [3.63, 3.8) is 0 Å². The minimum absolute atomic E-state index is 0.00222. The summed E-state index contributed by atoms with van der Waals surface area (Å²) in [5, 5.41) is 5.77. The molecule has 3 aromatic carbocycles. The number of carbonyl (C=O) groups is 3. The summed E-state index contributed by atoms with van der Waals surface area (Å²) in [6.07, 6.45) is 1.45. The third-order valence-corrected chi connectivity index (χ3v) is 7.67. The zero-order valence-corrected chi connectivity index (χ0v) is 22.8. The summed E-state index contributed by atoms with van der Waals surface area (Å²) in [5.41, 5.74) is 2.35. The molecule has 1 aliphatic heterocycles. The predicted molar refractivity (Wildman–Crippen MR) is 149 cm³/mol. The van der Waals surface area contributed by atoms with Crippen molar-refractivity contribution >= 4 is 57.4 Å². The van der Waals surface area contributed by atoms with Crippen LogP contribution < -0.4 is 10.2 Å². The SMILES string of the molecule is CC[C@@H](C)NC(=O)[C@H](C)N(Cc1ccc(Cl)c(Cl)c1)C(=O)CCCN1C(=O)c2cccc3cccc1c23. The quantitative estimate of drug-likeness (QED) is 0.332. The van der Waals surface area contributed by atoms with Crippen molar-refractivity contribution in [1.29, 1.82) is 0 Å². The third-order valence-electron chi connectivity index (χ3n) is 6.93. The molecule has 0 aromatic heterocycles. The summed E-state index contributed by atoms with van der Waals surface area (Å²) in [4.78, 5) is 42.8. The summed E-state index contributed by atoms with van der Waals surface area (Å²) >= 11 is 12.3. The van der Waals surface area contributed by atoms with Gasteiger partial charge in [-0.2, -0.15) is 0 Å². The van der Waals surface area contributed by atoms with E-state index in [9.17, 15) is 14.4 Å². The van der Waals surface area contributed by atoms with Crippen molar-refractivity contribution in [2.75, 3.05) is 11.4 Å². The fourth-order valence-electron chi connectivity index (χ4n) is 4.62. The first-order valence-corrected chi connectivity index (χ1v) is 13.3. The van der Waals surface area contributed by atoms with Crippen molar-refractivity contribution in [3.8, 4) is 0 Å².